The van der Waals surface area contributed by atoms with Crippen molar-refractivity contribution in [2.75, 3.05) is 20.1 Å². The molecule has 0 spiro atoms. The summed E-state index contributed by atoms with van der Waals surface area (Å²) in [5.74, 6) is -0.0203. The molecule has 1 N–H and O–H groups in total. The summed E-state index contributed by atoms with van der Waals surface area (Å²) in [6.45, 7) is 1.29. The summed E-state index contributed by atoms with van der Waals surface area (Å²) in [6.07, 6.45) is -0.235. The van der Waals surface area contributed by atoms with E-state index in [4.69, 9.17) is 5.11 Å². The molecule has 1 aliphatic heterocycles. The van der Waals surface area contributed by atoms with E-state index in [1.807, 2.05) is 11.9 Å². The number of hydrogen-bond acceptors (Lipinski definition) is 3. The molecular formula is C6H11NO2. The second-order valence-electron chi connectivity index (χ2n) is 2.49. The topological polar surface area (TPSA) is 40.5 Å². The molecule has 1 atom stereocenters. The zero-order valence-corrected chi connectivity index (χ0v) is 5.50. The average molecular weight is 129 g/mol. The number of nitrogens with zero attached hydrogens (tertiary/aromatic N) is 1. The Balaban J connectivity index is 2.44. The van der Waals surface area contributed by atoms with Gasteiger partial charge < -0.3 is 10.0 Å². The van der Waals surface area contributed by atoms with E-state index >= 15 is 0 Å². The number of hydrogen-bond donors (Lipinski definition) is 1. The highest BCUT2D eigenvalue weighted by atomic mass is 16.3. The molecule has 1 fully saturated rings. The van der Waals surface area contributed by atoms with E-state index in [2.05, 4.69) is 0 Å². The van der Waals surface area contributed by atoms with Gasteiger partial charge in [-0.1, -0.05) is 0 Å². The molecule has 0 bridgehead atoms. The lowest BCUT2D eigenvalue weighted by molar-refractivity contribution is -0.130. The number of ketones is 1. The average Bonchev–Trinajstić information content (AvgIpc) is 1.80. The van der Waals surface area contributed by atoms with Crippen LogP contribution in [0.2, 0.25) is 0 Å². The first-order valence-corrected chi connectivity index (χ1v) is 3.09. The second-order valence-corrected chi connectivity index (χ2v) is 2.49. The molecule has 52 valence electrons. The number of likely N-dealkylation sites (N-methyl/N-ethyl adjacent to an activating group) is 1. The molecule has 3 nitrogen and oxygen atoms in total. The minimum atomic E-state index is -0.733. The van der Waals surface area contributed by atoms with Crippen LogP contribution in [0.4, 0.5) is 0 Å². The molecule has 0 amide bonds. The number of carbonyl (C=O) groups excluding carboxylic acids is 1. The highest BCUT2D eigenvalue weighted by molar-refractivity contribution is 5.83. The lowest BCUT2D eigenvalue weighted by Crippen LogP contribution is -2.41. The fourth-order valence-corrected chi connectivity index (χ4v) is 0.956. The maximum atomic E-state index is 10.7. The van der Waals surface area contributed by atoms with Crippen molar-refractivity contribution >= 4 is 5.78 Å². The molecule has 0 saturated carbocycles. The van der Waals surface area contributed by atoms with Crippen molar-refractivity contribution in [1.29, 1.82) is 0 Å². The van der Waals surface area contributed by atoms with Crippen molar-refractivity contribution in [3.63, 3.8) is 0 Å². The van der Waals surface area contributed by atoms with Crippen molar-refractivity contribution in [2.45, 2.75) is 12.5 Å². The van der Waals surface area contributed by atoms with Gasteiger partial charge in [0.05, 0.1) is 0 Å². The highest BCUT2D eigenvalue weighted by Crippen LogP contribution is 2.02. The quantitative estimate of drug-likeness (QED) is 0.468. The van der Waals surface area contributed by atoms with Gasteiger partial charge in [0.15, 0.2) is 5.78 Å². The lowest BCUT2D eigenvalue weighted by atomic mass is 10.1. The maximum absolute atomic E-state index is 10.7. The van der Waals surface area contributed by atoms with Crippen molar-refractivity contribution in [2.24, 2.45) is 0 Å². The number of β-amino-alcohol motifs (C(OH)–C–C–N with tert-alkyl or cyclic N) is 1. The zero-order chi connectivity index (χ0) is 6.85. The van der Waals surface area contributed by atoms with Crippen molar-refractivity contribution in [1.82, 2.24) is 4.90 Å². The normalized spacial score (nSPS) is 30.9. The first-order chi connectivity index (χ1) is 4.20. The smallest absolute Gasteiger partial charge is 0.163 e. The Bertz CT molecular complexity index is 124. The Morgan fingerprint density at radius 1 is 1.78 bits per heavy atom. The van der Waals surface area contributed by atoms with Crippen LogP contribution in [0.3, 0.4) is 0 Å². The van der Waals surface area contributed by atoms with Gasteiger partial charge in [0.25, 0.3) is 0 Å². The molecule has 1 aliphatic rings. The van der Waals surface area contributed by atoms with Gasteiger partial charge in [0.1, 0.15) is 6.10 Å². The van der Waals surface area contributed by atoms with Crippen LogP contribution in [0.1, 0.15) is 6.42 Å². The largest absolute Gasteiger partial charge is 0.384 e. The predicted octanol–water partition coefficient (Wildman–Crippen LogP) is -0.748. The zero-order valence-electron chi connectivity index (χ0n) is 5.50. The standard InChI is InChI=1S/C6H11NO2/c1-7-3-2-5(8)6(9)4-7/h6,9H,2-4H2,1H3. The second kappa shape index (κ2) is 2.45. The summed E-state index contributed by atoms with van der Waals surface area (Å²) in [4.78, 5) is 12.6. The van der Waals surface area contributed by atoms with E-state index in [0.717, 1.165) is 6.54 Å². The van der Waals surface area contributed by atoms with Gasteiger partial charge in [-0.25, -0.2) is 0 Å². The molecule has 0 aliphatic carbocycles. The molecule has 1 rings (SSSR count). The summed E-state index contributed by atoms with van der Waals surface area (Å²) < 4.78 is 0. The van der Waals surface area contributed by atoms with Crippen LogP contribution < -0.4 is 0 Å². The van der Waals surface area contributed by atoms with Crippen LogP contribution in [0, 0.1) is 0 Å². The van der Waals surface area contributed by atoms with E-state index in [0.29, 0.717) is 13.0 Å². The highest BCUT2D eigenvalue weighted by Gasteiger charge is 2.21. The number of rotatable bonds is 0. The molecule has 1 unspecified atom stereocenters. The summed E-state index contributed by atoms with van der Waals surface area (Å²) in [6, 6.07) is 0. The Morgan fingerprint density at radius 3 is 2.89 bits per heavy atom. The van der Waals surface area contributed by atoms with Crippen LogP contribution in [0.25, 0.3) is 0 Å². The van der Waals surface area contributed by atoms with E-state index < -0.39 is 6.10 Å². The molecule has 1 saturated heterocycles. The van der Waals surface area contributed by atoms with Crippen LogP contribution in [0.5, 0.6) is 0 Å². The fourth-order valence-electron chi connectivity index (χ4n) is 0.956. The molecule has 3 heteroatoms. The number of likely N-dealkylation sites (tertiary alicyclic amines) is 1. The van der Waals surface area contributed by atoms with Gasteiger partial charge in [-0.2, -0.15) is 0 Å². The number of aliphatic hydroxyl groups excluding tert-OH is 1. The monoisotopic (exact) mass is 129 g/mol. The summed E-state index contributed by atoms with van der Waals surface area (Å²) in [5, 5.41) is 8.96. The SMILES string of the molecule is CN1CCC(=O)C(O)C1. The van der Waals surface area contributed by atoms with E-state index in [1.54, 1.807) is 0 Å². The molecule has 9 heavy (non-hydrogen) atoms. The minimum Gasteiger partial charge on any atom is -0.384 e. The van der Waals surface area contributed by atoms with Crippen molar-refractivity contribution in [3.8, 4) is 0 Å². The van der Waals surface area contributed by atoms with Gasteiger partial charge in [0, 0.05) is 19.5 Å². The Labute approximate surface area is 54.3 Å². The van der Waals surface area contributed by atoms with Crippen molar-refractivity contribution in [3.05, 3.63) is 0 Å². The first kappa shape index (κ1) is 6.71. The third-order valence-electron chi connectivity index (χ3n) is 1.60. The van der Waals surface area contributed by atoms with Gasteiger partial charge in [-0.05, 0) is 7.05 Å². The van der Waals surface area contributed by atoms with Crippen molar-refractivity contribution < 1.29 is 9.90 Å². The number of piperidine rings is 1. The van der Waals surface area contributed by atoms with Crippen LogP contribution in [-0.2, 0) is 4.79 Å². The van der Waals surface area contributed by atoms with E-state index in [1.165, 1.54) is 0 Å². The minimum absolute atomic E-state index is 0.0203. The molecule has 0 aromatic carbocycles. The third kappa shape index (κ3) is 1.50. The van der Waals surface area contributed by atoms with Crippen LogP contribution in [-0.4, -0.2) is 42.0 Å². The Kier molecular flexibility index (Phi) is 1.83. The fraction of sp³-hybridized carbons (Fsp3) is 0.833. The lowest BCUT2D eigenvalue weighted by Gasteiger charge is -2.24. The summed E-state index contributed by atoms with van der Waals surface area (Å²) in [7, 11) is 1.90. The van der Waals surface area contributed by atoms with E-state index in [9.17, 15) is 4.79 Å². The van der Waals surface area contributed by atoms with Gasteiger partial charge in [-0.15, -0.1) is 0 Å². The number of aliphatic hydroxyl groups is 1. The number of Topliss-reactive ketones (excluding diaryl/α,β-unsaturated/α-hetero) is 1. The number of carbonyl (C=O) groups is 1. The third-order valence-corrected chi connectivity index (χ3v) is 1.60. The molecular weight excluding hydrogens is 118 g/mol. The van der Waals surface area contributed by atoms with E-state index in [-0.39, 0.29) is 5.78 Å². The predicted molar refractivity (Wildman–Crippen MR) is 33.1 cm³/mol. The van der Waals surface area contributed by atoms with Crippen LogP contribution >= 0.6 is 0 Å². The molecule has 0 radical (unpaired) electrons. The Morgan fingerprint density at radius 2 is 2.44 bits per heavy atom. The maximum Gasteiger partial charge on any atom is 0.163 e. The van der Waals surface area contributed by atoms with Gasteiger partial charge >= 0.3 is 0 Å². The summed E-state index contributed by atoms with van der Waals surface area (Å²) in [5.41, 5.74) is 0. The first-order valence-electron chi connectivity index (χ1n) is 3.09. The van der Waals surface area contributed by atoms with Crippen LogP contribution in [0.15, 0.2) is 0 Å². The molecule has 0 aromatic heterocycles. The molecule has 0 aromatic rings. The Hall–Kier alpha value is -0.410. The van der Waals surface area contributed by atoms with Gasteiger partial charge in [0.2, 0.25) is 0 Å². The van der Waals surface area contributed by atoms with Gasteiger partial charge in [-0.3, -0.25) is 4.79 Å². The summed E-state index contributed by atoms with van der Waals surface area (Å²) >= 11 is 0. The molecule has 1 heterocycles.